The number of nitrogens with one attached hydrogen (secondary N) is 2. The summed E-state index contributed by atoms with van der Waals surface area (Å²) in [6.07, 6.45) is 3.04. The first-order chi connectivity index (χ1) is 13.6. The van der Waals surface area contributed by atoms with E-state index >= 15 is 0 Å². The summed E-state index contributed by atoms with van der Waals surface area (Å²) in [5.41, 5.74) is 8.01. The van der Waals surface area contributed by atoms with Gasteiger partial charge in [0, 0.05) is 40.5 Å². The number of hydrazone groups is 1. The van der Waals surface area contributed by atoms with Crippen LogP contribution in [0.2, 0.25) is 0 Å². The number of benzene rings is 1. The Balaban J connectivity index is 1.44. The topological polar surface area (TPSA) is 73.3 Å². The van der Waals surface area contributed by atoms with Gasteiger partial charge in [-0.3, -0.25) is 10.4 Å². The zero-order valence-corrected chi connectivity index (χ0v) is 16.3. The number of H-pyrrole nitrogens is 1. The Morgan fingerprint density at radius 1 is 1.18 bits per heavy atom. The Hall–Kier alpha value is -2.96. The number of hydrogen-bond donors (Lipinski definition) is 3. The zero-order valence-electron chi connectivity index (χ0n) is 15.4. The van der Waals surface area contributed by atoms with Crippen molar-refractivity contribution in [2.75, 3.05) is 5.43 Å². The van der Waals surface area contributed by atoms with Crippen LogP contribution in [0.4, 0.5) is 5.69 Å². The number of nitrogens with zero attached hydrogens (tertiary/aromatic N) is 2. The summed E-state index contributed by atoms with van der Waals surface area (Å²) in [5.74, 6) is 0. The molecule has 4 aromatic rings. The monoisotopic (exact) mass is 388 g/mol. The average Bonchev–Trinajstić information content (AvgIpc) is 3.33. The Labute approximate surface area is 166 Å². The Bertz CT molecular complexity index is 1170. The maximum absolute atomic E-state index is 11.1. The molecule has 28 heavy (non-hydrogen) atoms. The molecule has 1 aromatic carbocycles. The Morgan fingerprint density at radius 2 is 2.11 bits per heavy atom. The van der Waals surface area contributed by atoms with Crippen LogP contribution in [-0.4, -0.2) is 20.8 Å². The highest BCUT2D eigenvalue weighted by Gasteiger charge is 2.25. The van der Waals surface area contributed by atoms with E-state index in [0.29, 0.717) is 6.42 Å². The molecule has 140 valence electrons. The summed E-state index contributed by atoms with van der Waals surface area (Å²) >= 11 is 1.74. The second-order valence-corrected chi connectivity index (χ2v) is 8.36. The largest absolute Gasteiger partial charge is 0.385 e. The Morgan fingerprint density at radius 3 is 2.96 bits per heavy atom. The number of aliphatic hydroxyl groups is 1. The molecule has 5 nitrogen and oxygen atoms in total. The van der Waals surface area contributed by atoms with Crippen LogP contribution < -0.4 is 5.43 Å². The van der Waals surface area contributed by atoms with Crippen LogP contribution in [-0.2, 0) is 18.4 Å². The number of rotatable bonds is 4. The van der Waals surface area contributed by atoms with E-state index in [4.69, 9.17) is 0 Å². The molecule has 0 fully saturated rings. The third-order valence-corrected chi connectivity index (χ3v) is 6.11. The second-order valence-electron chi connectivity index (χ2n) is 7.36. The van der Waals surface area contributed by atoms with Crippen molar-refractivity contribution in [1.29, 1.82) is 0 Å². The number of aromatic amines is 1. The highest BCUT2D eigenvalue weighted by atomic mass is 32.1. The maximum atomic E-state index is 11.1. The molecule has 1 unspecified atom stereocenters. The van der Waals surface area contributed by atoms with E-state index in [0.717, 1.165) is 45.7 Å². The SMILES string of the molecule is CC(O)(Cc1ccccn1)c1ccc2[nH]c(C3=NNc4ccsc4C3)cc2c1. The van der Waals surface area contributed by atoms with Crippen molar-refractivity contribution in [2.45, 2.75) is 25.4 Å². The van der Waals surface area contributed by atoms with Gasteiger partial charge in [0.15, 0.2) is 0 Å². The molecule has 0 aliphatic carbocycles. The molecule has 0 saturated carbocycles. The van der Waals surface area contributed by atoms with Crippen LogP contribution in [0.1, 0.15) is 28.8 Å². The van der Waals surface area contributed by atoms with Crippen LogP contribution in [0.5, 0.6) is 0 Å². The van der Waals surface area contributed by atoms with Gasteiger partial charge in [0.25, 0.3) is 0 Å². The molecule has 0 bridgehead atoms. The number of pyridine rings is 1. The van der Waals surface area contributed by atoms with Gasteiger partial charge in [-0.25, -0.2) is 0 Å². The Kier molecular flexibility index (Phi) is 4.03. The molecule has 6 heteroatoms. The van der Waals surface area contributed by atoms with Gasteiger partial charge < -0.3 is 10.1 Å². The van der Waals surface area contributed by atoms with E-state index in [1.807, 2.05) is 43.3 Å². The molecule has 3 N–H and O–H groups in total. The van der Waals surface area contributed by atoms with Gasteiger partial charge in [0.1, 0.15) is 0 Å². The quantitative estimate of drug-likeness (QED) is 0.484. The van der Waals surface area contributed by atoms with Crippen molar-refractivity contribution < 1.29 is 5.11 Å². The van der Waals surface area contributed by atoms with Crippen molar-refractivity contribution in [2.24, 2.45) is 5.10 Å². The van der Waals surface area contributed by atoms with Crippen LogP contribution in [0.3, 0.4) is 0 Å². The zero-order chi connectivity index (χ0) is 19.1. The molecule has 0 saturated heterocycles. The molecule has 5 rings (SSSR count). The van der Waals surface area contributed by atoms with Crippen molar-refractivity contribution in [3.63, 3.8) is 0 Å². The number of aromatic nitrogens is 2. The molecular formula is C22H20N4OS. The number of anilines is 1. The third-order valence-electron chi connectivity index (χ3n) is 5.19. The van der Waals surface area contributed by atoms with Crippen molar-refractivity contribution in [1.82, 2.24) is 9.97 Å². The number of thiophene rings is 1. The minimum absolute atomic E-state index is 0.467. The average molecular weight is 388 g/mol. The smallest absolute Gasteiger partial charge is 0.0924 e. The second kappa shape index (κ2) is 6.58. The highest BCUT2D eigenvalue weighted by Crippen LogP contribution is 2.30. The first-order valence-electron chi connectivity index (χ1n) is 9.23. The molecular weight excluding hydrogens is 368 g/mol. The summed E-state index contributed by atoms with van der Waals surface area (Å²) in [6.45, 7) is 1.84. The van der Waals surface area contributed by atoms with Crippen molar-refractivity contribution >= 4 is 33.6 Å². The lowest BCUT2D eigenvalue weighted by atomic mass is 9.90. The van der Waals surface area contributed by atoms with Gasteiger partial charge in [0.2, 0.25) is 0 Å². The predicted molar refractivity (Wildman–Crippen MR) is 114 cm³/mol. The first kappa shape index (κ1) is 17.2. The van der Waals surface area contributed by atoms with Gasteiger partial charge in [-0.15, -0.1) is 11.3 Å². The first-order valence-corrected chi connectivity index (χ1v) is 10.1. The lowest BCUT2D eigenvalue weighted by Gasteiger charge is -2.23. The molecule has 0 spiro atoms. The van der Waals surface area contributed by atoms with Crippen LogP contribution >= 0.6 is 11.3 Å². The third kappa shape index (κ3) is 3.10. The molecule has 1 aliphatic heterocycles. The van der Waals surface area contributed by atoms with Crippen LogP contribution in [0.25, 0.3) is 10.9 Å². The van der Waals surface area contributed by atoms with Gasteiger partial charge in [0.05, 0.1) is 22.7 Å². The molecule has 4 heterocycles. The van der Waals surface area contributed by atoms with Crippen LogP contribution in [0.15, 0.2) is 65.2 Å². The molecule has 0 amide bonds. The summed E-state index contributed by atoms with van der Waals surface area (Å²) in [5, 5.41) is 18.7. The molecule has 1 atom stereocenters. The fourth-order valence-electron chi connectivity index (χ4n) is 3.63. The predicted octanol–water partition coefficient (Wildman–Crippen LogP) is 4.45. The maximum Gasteiger partial charge on any atom is 0.0924 e. The van der Waals surface area contributed by atoms with E-state index in [-0.39, 0.29) is 0 Å². The van der Waals surface area contributed by atoms with Gasteiger partial charge in [-0.2, -0.15) is 5.10 Å². The molecule has 0 radical (unpaired) electrons. The summed E-state index contributed by atoms with van der Waals surface area (Å²) in [4.78, 5) is 9.09. The van der Waals surface area contributed by atoms with Crippen molar-refractivity contribution in [3.8, 4) is 0 Å². The van der Waals surface area contributed by atoms with Crippen molar-refractivity contribution in [3.05, 3.63) is 81.9 Å². The number of hydrogen-bond acceptors (Lipinski definition) is 5. The lowest BCUT2D eigenvalue weighted by molar-refractivity contribution is 0.0567. The molecule has 3 aromatic heterocycles. The van der Waals surface area contributed by atoms with Gasteiger partial charge in [-0.1, -0.05) is 12.1 Å². The molecule has 1 aliphatic rings. The standard InChI is InChI=1S/C22H20N4OS/c1-22(27,13-16-4-2-3-8-23-16)15-5-6-17-14(10-15)11-19(24-17)20-12-21-18(25-26-20)7-9-28-21/h2-11,24-25,27H,12-13H2,1H3. The summed E-state index contributed by atoms with van der Waals surface area (Å²) < 4.78 is 0. The van der Waals surface area contributed by atoms with Gasteiger partial charge >= 0.3 is 0 Å². The number of fused-ring (bicyclic) bond motifs is 2. The van der Waals surface area contributed by atoms with Crippen LogP contribution in [0, 0.1) is 0 Å². The van der Waals surface area contributed by atoms with E-state index in [2.05, 4.69) is 38.0 Å². The normalized spacial score (nSPS) is 15.6. The minimum Gasteiger partial charge on any atom is -0.385 e. The lowest BCUT2D eigenvalue weighted by Crippen LogP contribution is -2.24. The van der Waals surface area contributed by atoms with E-state index in [1.54, 1.807) is 17.5 Å². The summed E-state index contributed by atoms with van der Waals surface area (Å²) in [7, 11) is 0. The van der Waals surface area contributed by atoms with E-state index < -0.39 is 5.60 Å². The fourth-order valence-corrected chi connectivity index (χ4v) is 4.46. The highest BCUT2D eigenvalue weighted by molar-refractivity contribution is 7.10. The van der Waals surface area contributed by atoms with E-state index in [9.17, 15) is 5.11 Å². The fraction of sp³-hybridized carbons (Fsp3) is 0.182. The summed E-state index contributed by atoms with van der Waals surface area (Å²) in [6, 6.07) is 16.0. The minimum atomic E-state index is -0.990. The van der Waals surface area contributed by atoms with E-state index in [1.165, 1.54) is 4.88 Å². The van der Waals surface area contributed by atoms with Gasteiger partial charge in [-0.05, 0) is 54.3 Å².